The van der Waals surface area contributed by atoms with E-state index in [0.717, 1.165) is 32.8 Å². The fourth-order valence-corrected chi connectivity index (χ4v) is 2.14. The molecule has 0 bridgehead atoms. The second kappa shape index (κ2) is 5.43. The predicted octanol–water partition coefficient (Wildman–Crippen LogP) is 1.63. The van der Waals surface area contributed by atoms with Gasteiger partial charge in [0.05, 0.1) is 26.4 Å². The quantitative estimate of drug-likeness (QED) is 0.722. The Kier molecular flexibility index (Phi) is 3.93. The first kappa shape index (κ1) is 11.6. The van der Waals surface area contributed by atoms with Crippen LogP contribution < -0.4 is 5.32 Å². The molecule has 0 aromatic heterocycles. The number of fused-ring (bicyclic) bond motifs is 3. The molecule has 88 valence electrons. The smallest absolute Gasteiger partial charge is 0.0728 e. The van der Waals surface area contributed by atoms with Crippen LogP contribution in [-0.4, -0.2) is 20.7 Å². The highest BCUT2D eigenvalue weighted by Crippen LogP contribution is 2.29. The first-order valence-corrected chi connectivity index (χ1v) is 5.73. The zero-order valence-electron chi connectivity index (χ0n) is 10.0. The molecule has 3 nitrogen and oxygen atoms in total. The van der Waals surface area contributed by atoms with E-state index < -0.39 is 0 Å². The van der Waals surface area contributed by atoms with Crippen LogP contribution in [0.1, 0.15) is 22.3 Å². The summed E-state index contributed by atoms with van der Waals surface area (Å²) in [4.78, 5) is 0. The molecule has 0 unspecified atom stereocenters. The summed E-state index contributed by atoms with van der Waals surface area (Å²) in [5, 5.41) is 2.75. The minimum absolute atomic E-state index is 0.780. The summed E-state index contributed by atoms with van der Waals surface area (Å²) in [6.45, 7) is 3.21. The van der Waals surface area contributed by atoms with Crippen LogP contribution in [0, 0.1) is 0 Å². The van der Waals surface area contributed by atoms with Crippen molar-refractivity contribution in [1.82, 2.24) is 5.32 Å². The third kappa shape index (κ3) is 2.26. The Labute approximate surface area is 96.8 Å². The summed E-state index contributed by atoms with van der Waals surface area (Å²) >= 11 is 0. The lowest BCUT2D eigenvalue weighted by atomic mass is 9.95. The lowest BCUT2D eigenvalue weighted by molar-refractivity contribution is 0.106. The molecule has 0 fully saturated rings. The van der Waals surface area contributed by atoms with E-state index in [9.17, 15) is 0 Å². The van der Waals surface area contributed by atoms with Crippen LogP contribution in [0.3, 0.4) is 0 Å². The van der Waals surface area contributed by atoms with E-state index in [1.165, 1.54) is 22.3 Å². The van der Waals surface area contributed by atoms with Crippen LogP contribution in [0.2, 0.25) is 0 Å². The molecule has 2 aliphatic heterocycles. The molecule has 0 aliphatic carbocycles. The lowest BCUT2D eigenvalue weighted by Crippen LogP contribution is -2.12. The molecule has 3 heteroatoms. The van der Waals surface area contributed by atoms with Crippen molar-refractivity contribution in [1.29, 1.82) is 0 Å². The number of rotatable bonds is 0. The summed E-state index contributed by atoms with van der Waals surface area (Å²) in [6.07, 6.45) is 1.06. The molecule has 1 N–H and O–H groups in total. The average molecular weight is 221 g/mol. The van der Waals surface area contributed by atoms with E-state index >= 15 is 0 Å². The highest BCUT2D eigenvalue weighted by Gasteiger charge is 2.20. The van der Waals surface area contributed by atoms with Crippen LogP contribution in [0.4, 0.5) is 0 Å². The van der Waals surface area contributed by atoms with Gasteiger partial charge in [-0.1, -0.05) is 12.1 Å². The zero-order chi connectivity index (χ0) is 11.4. The van der Waals surface area contributed by atoms with Gasteiger partial charge in [0.25, 0.3) is 0 Å². The maximum Gasteiger partial charge on any atom is 0.0728 e. The first-order chi connectivity index (χ1) is 7.86. The maximum atomic E-state index is 5.47. The largest absolute Gasteiger partial charge is 0.376 e. The molecule has 0 amide bonds. The number of benzene rings is 1. The molecule has 1 aromatic carbocycles. The summed E-state index contributed by atoms with van der Waals surface area (Å²) in [5.74, 6) is 0. The third-order valence-electron chi connectivity index (χ3n) is 2.89. The van der Waals surface area contributed by atoms with Crippen molar-refractivity contribution < 1.29 is 9.47 Å². The van der Waals surface area contributed by atoms with Gasteiger partial charge in [0.1, 0.15) is 0 Å². The molecule has 1 aromatic rings. The molecule has 16 heavy (non-hydrogen) atoms. The average Bonchev–Trinajstić information content (AvgIpc) is 2.78. The van der Waals surface area contributed by atoms with Gasteiger partial charge in [0.2, 0.25) is 0 Å². The molecule has 0 atom stereocenters. The molecule has 0 saturated carbocycles. The Morgan fingerprint density at radius 1 is 0.938 bits per heavy atom. The standard InChI is InChI=1S/C11H12O2.C2H7N/c1-2-9-5-13-7-11(9)10-6-12-4-3-8(1)10;1-3-2/h1-2H,3-7H2;3H,1-2H3. The molecule has 0 saturated heterocycles. The summed E-state index contributed by atoms with van der Waals surface area (Å²) in [7, 11) is 3.75. The fourth-order valence-electron chi connectivity index (χ4n) is 2.14. The number of nitrogens with one attached hydrogen (secondary N) is 1. The number of hydrogen-bond donors (Lipinski definition) is 1. The second-order valence-electron chi connectivity index (χ2n) is 4.14. The predicted molar refractivity (Wildman–Crippen MR) is 63.3 cm³/mol. The monoisotopic (exact) mass is 221 g/mol. The normalized spacial score (nSPS) is 17.1. The SMILES string of the molecule is CNC.c1cc2c(c3c1CCOC3)COC2. The molecule has 2 aliphatic rings. The fraction of sp³-hybridized carbons (Fsp3) is 0.538. The van der Waals surface area contributed by atoms with E-state index in [4.69, 9.17) is 9.47 Å². The molecule has 2 heterocycles. The Hall–Kier alpha value is -0.900. The number of hydrogen-bond acceptors (Lipinski definition) is 3. The van der Waals surface area contributed by atoms with E-state index in [2.05, 4.69) is 17.4 Å². The minimum Gasteiger partial charge on any atom is -0.376 e. The molecule has 0 spiro atoms. The molecular weight excluding hydrogens is 202 g/mol. The Balaban J connectivity index is 0.000000292. The minimum atomic E-state index is 0.780. The van der Waals surface area contributed by atoms with E-state index in [1.807, 2.05) is 14.1 Å². The van der Waals surface area contributed by atoms with Crippen molar-refractivity contribution in [2.24, 2.45) is 0 Å². The third-order valence-corrected chi connectivity index (χ3v) is 2.89. The van der Waals surface area contributed by atoms with Gasteiger partial charge < -0.3 is 14.8 Å². The zero-order valence-corrected chi connectivity index (χ0v) is 10.0. The van der Waals surface area contributed by atoms with Gasteiger partial charge in [-0.05, 0) is 42.8 Å². The lowest BCUT2D eigenvalue weighted by Gasteiger charge is -2.18. The van der Waals surface area contributed by atoms with Crippen LogP contribution in [0.5, 0.6) is 0 Å². The van der Waals surface area contributed by atoms with Crippen LogP contribution >= 0.6 is 0 Å². The van der Waals surface area contributed by atoms with Gasteiger partial charge in [-0.2, -0.15) is 0 Å². The van der Waals surface area contributed by atoms with E-state index in [0.29, 0.717) is 0 Å². The van der Waals surface area contributed by atoms with Gasteiger partial charge >= 0.3 is 0 Å². The van der Waals surface area contributed by atoms with Gasteiger partial charge in [-0.3, -0.25) is 0 Å². The van der Waals surface area contributed by atoms with E-state index in [-0.39, 0.29) is 0 Å². The van der Waals surface area contributed by atoms with Crippen LogP contribution in [-0.2, 0) is 35.7 Å². The molecular formula is C13H19NO2. The van der Waals surface area contributed by atoms with Crippen molar-refractivity contribution >= 4 is 0 Å². The van der Waals surface area contributed by atoms with Crippen LogP contribution in [0.25, 0.3) is 0 Å². The topological polar surface area (TPSA) is 30.5 Å². The van der Waals surface area contributed by atoms with Crippen molar-refractivity contribution in [3.63, 3.8) is 0 Å². The first-order valence-electron chi connectivity index (χ1n) is 5.73. The van der Waals surface area contributed by atoms with Gasteiger partial charge in [0, 0.05) is 0 Å². The molecule has 3 rings (SSSR count). The van der Waals surface area contributed by atoms with Crippen molar-refractivity contribution in [2.45, 2.75) is 26.2 Å². The van der Waals surface area contributed by atoms with Gasteiger partial charge in [-0.15, -0.1) is 0 Å². The summed E-state index contributed by atoms with van der Waals surface area (Å²) < 4.78 is 10.9. The summed E-state index contributed by atoms with van der Waals surface area (Å²) in [6, 6.07) is 4.43. The Morgan fingerprint density at radius 3 is 2.38 bits per heavy atom. The molecule has 0 radical (unpaired) electrons. The van der Waals surface area contributed by atoms with Crippen molar-refractivity contribution in [3.05, 3.63) is 34.4 Å². The second-order valence-corrected chi connectivity index (χ2v) is 4.14. The van der Waals surface area contributed by atoms with Crippen molar-refractivity contribution in [2.75, 3.05) is 20.7 Å². The van der Waals surface area contributed by atoms with Gasteiger partial charge in [0.15, 0.2) is 0 Å². The highest BCUT2D eigenvalue weighted by molar-refractivity contribution is 5.42. The van der Waals surface area contributed by atoms with Gasteiger partial charge in [-0.25, -0.2) is 0 Å². The summed E-state index contributed by atoms with van der Waals surface area (Å²) in [5.41, 5.74) is 5.58. The Bertz CT molecular complexity index is 363. The number of ether oxygens (including phenoxy) is 2. The van der Waals surface area contributed by atoms with E-state index in [1.54, 1.807) is 0 Å². The van der Waals surface area contributed by atoms with Crippen molar-refractivity contribution in [3.8, 4) is 0 Å². The Morgan fingerprint density at radius 2 is 1.56 bits per heavy atom. The highest BCUT2D eigenvalue weighted by atomic mass is 16.5. The van der Waals surface area contributed by atoms with Crippen LogP contribution in [0.15, 0.2) is 12.1 Å². The maximum absolute atomic E-state index is 5.47.